The molecule has 0 bridgehead atoms. The van der Waals surface area contributed by atoms with Crippen LogP contribution in [0.5, 0.6) is 11.5 Å². The quantitative estimate of drug-likeness (QED) is 0.299. The molecular formula is C21H17N3O5. The number of aryl methyl sites for hydroxylation is 1. The van der Waals surface area contributed by atoms with Crippen LogP contribution in [-0.4, -0.2) is 28.1 Å². The van der Waals surface area contributed by atoms with E-state index in [0.29, 0.717) is 28.0 Å². The number of rotatable bonds is 4. The molecule has 0 N–H and O–H groups in total. The van der Waals surface area contributed by atoms with Crippen LogP contribution in [0.3, 0.4) is 0 Å². The summed E-state index contributed by atoms with van der Waals surface area (Å²) >= 11 is 0. The number of carbonyl (C=O) groups is 1. The van der Waals surface area contributed by atoms with E-state index in [1.54, 1.807) is 38.4 Å². The Labute approximate surface area is 165 Å². The first-order chi connectivity index (χ1) is 14.0. The molecule has 0 saturated carbocycles. The number of methoxy groups -OCH3 is 1. The number of carbonyl (C=O) groups excluding carboxylic acids is 1. The normalized spacial score (nSPS) is 10.9. The van der Waals surface area contributed by atoms with Crippen molar-refractivity contribution in [2.75, 3.05) is 7.11 Å². The fourth-order valence-corrected chi connectivity index (χ4v) is 3.00. The first-order valence-corrected chi connectivity index (χ1v) is 8.79. The SMILES string of the molecule is COc1ccc(-c2cn(-c3cc4ccc(OC(C)=O)c(C)c4oc3=O)nn2)cc1. The van der Waals surface area contributed by atoms with Gasteiger partial charge in [-0.25, -0.2) is 9.48 Å². The summed E-state index contributed by atoms with van der Waals surface area (Å²) in [5.74, 6) is 0.642. The van der Waals surface area contributed by atoms with Crippen LogP contribution in [0.1, 0.15) is 12.5 Å². The lowest BCUT2D eigenvalue weighted by atomic mass is 10.1. The van der Waals surface area contributed by atoms with Gasteiger partial charge in [0.2, 0.25) is 0 Å². The Morgan fingerprint density at radius 2 is 1.90 bits per heavy atom. The number of esters is 1. The number of benzene rings is 2. The Kier molecular flexibility index (Phi) is 4.59. The number of aromatic nitrogens is 3. The van der Waals surface area contributed by atoms with Gasteiger partial charge < -0.3 is 13.9 Å². The molecule has 29 heavy (non-hydrogen) atoms. The number of hydrogen-bond donors (Lipinski definition) is 0. The van der Waals surface area contributed by atoms with Crippen LogP contribution in [0.4, 0.5) is 0 Å². The fraction of sp³-hybridized carbons (Fsp3) is 0.143. The van der Waals surface area contributed by atoms with Crippen LogP contribution in [0.15, 0.2) is 57.9 Å². The molecule has 0 aliphatic rings. The number of fused-ring (bicyclic) bond motifs is 1. The second-order valence-corrected chi connectivity index (χ2v) is 6.40. The van der Waals surface area contributed by atoms with E-state index in [1.165, 1.54) is 11.6 Å². The third-order valence-electron chi connectivity index (χ3n) is 4.46. The molecule has 2 aromatic heterocycles. The van der Waals surface area contributed by atoms with E-state index in [2.05, 4.69) is 10.3 Å². The molecule has 8 nitrogen and oxygen atoms in total. The maximum atomic E-state index is 12.6. The summed E-state index contributed by atoms with van der Waals surface area (Å²) in [5.41, 5.74) is 2.01. The van der Waals surface area contributed by atoms with Gasteiger partial charge in [0, 0.05) is 23.4 Å². The zero-order chi connectivity index (χ0) is 20.5. The highest BCUT2D eigenvalue weighted by molar-refractivity contribution is 5.84. The number of ether oxygens (including phenoxy) is 2. The van der Waals surface area contributed by atoms with E-state index < -0.39 is 11.6 Å². The number of nitrogens with zero attached hydrogens (tertiary/aromatic N) is 3. The molecule has 2 aromatic carbocycles. The summed E-state index contributed by atoms with van der Waals surface area (Å²) < 4.78 is 17.2. The third kappa shape index (κ3) is 3.47. The summed E-state index contributed by atoms with van der Waals surface area (Å²) in [6, 6.07) is 12.4. The third-order valence-corrected chi connectivity index (χ3v) is 4.46. The zero-order valence-corrected chi connectivity index (χ0v) is 16.0. The van der Waals surface area contributed by atoms with E-state index in [4.69, 9.17) is 13.9 Å². The second kappa shape index (κ2) is 7.23. The molecule has 4 rings (SSSR count). The molecule has 146 valence electrons. The van der Waals surface area contributed by atoms with Crippen LogP contribution in [0.25, 0.3) is 27.9 Å². The maximum Gasteiger partial charge on any atom is 0.362 e. The van der Waals surface area contributed by atoms with Crippen LogP contribution in [0, 0.1) is 6.92 Å². The summed E-state index contributed by atoms with van der Waals surface area (Å²) in [4.78, 5) is 23.8. The van der Waals surface area contributed by atoms with Crippen molar-refractivity contribution in [2.45, 2.75) is 13.8 Å². The van der Waals surface area contributed by atoms with Crippen molar-refractivity contribution < 1.29 is 18.7 Å². The average Bonchev–Trinajstić information content (AvgIpc) is 3.20. The molecule has 0 amide bonds. The Bertz CT molecular complexity index is 1270. The minimum atomic E-state index is -0.577. The van der Waals surface area contributed by atoms with Crippen molar-refractivity contribution in [3.05, 3.63) is 64.6 Å². The highest BCUT2D eigenvalue weighted by Gasteiger charge is 2.15. The predicted molar refractivity (Wildman–Crippen MR) is 105 cm³/mol. The fourth-order valence-electron chi connectivity index (χ4n) is 3.00. The van der Waals surface area contributed by atoms with Gasteiger partial charge in [0.15, 0.2) is 5.69 Å². The van der Waals surface area contributed by atoms with Gasteiger partial charge in [-0.15, -0.1) is 5.10 Å². The van der Waals surface area contributed by atoms with Crippen LogP contribution >= 0.6 is 0 Å². The van der Waals surface area contributed by atoms with E-state index in [-0.39, 0.29) is 5.69 Å². The molecule has 0 unspecified atom stereocenters. The topological polar surface area (TPSA) is 96.5 Å². The molecule has 0 aliphatic heterocycles. The molecule has 2 heterocycles. The van der Waals surface area contributed by atoms with Crippen molar-refractivity contribution in [3.8, 4) is 28.4 Å². The van der Waals surface area contributed by atoms with E-state index in [0.717, 1.165) is 11.3 Å². The predicted octanol–water partition coefficient (Wildman–Crippen LogP) is 3.28. The number of hydrogen-bond acceptors (Lipinski definition) is 7. The van der Waals surface area contributed by atoms with Crippen molar-refractivity contribution in [1.29, 1.82) is 0 Å². The van der Waals surface area contributed by atoms with Crippen molar-refractivity contribution in [2.24, 2.45) is 0 Å². The Morgan fingerprint density at radius 1 is 1.14 bits per heavy atom. The van der Waals surface area contributed by atoms with Gasteiger partial charge in [0.25, 0.3) is 0 Å². The highest BCUT2D eigenvalue weighted by Crippen LogP contribution is 2.28. The maximum absolute atomic E-state index is 12.6. The molecule has 4 aromatic rings. The average molecular weight is 391 g/mol. The molecule has 8 heteroatoms. The minimum Gasteiger partial charge on any atom is -0.497 e. The van der Waals surface area contributed by atoms with E-state index >= 15 is 0 Å². The van der Waals surface area contributed by atoms with Gasteiger partial charge in [-0.05, 0) is 49.4 Å². The first kappa shape index (κ1) is 18.4. The standard InChI is InChI=1S/C21H17N3O5/c1-12-19(28-13(2)25)9-6-15-10-18(21(26)29-20(12)15)24-11-17(22-23-24)14-4-7-16(27-3)8-5-14/h4-11H,1-3H3. The molecule has 0 spiro atoms. The Morgan fingerprint density at radius 3 is 2.59 bits per heavy atom. The highest BCUT2D eigenvalue weighted by atomic mass is 16.5. The Balaban J connectivity index is 1.74. The van der Waals surface area contributed by atoms with Crippen LogP contribution < -0.4 is 15.1 Å². The van der Waals surface area contributed by atoms with Gasteiger partial charge in [-0.3, -0.25) is 4.79 Å². The van der Waals surface area contributed by atoms with E-state index in [1.807, 2.05) is 24.3 Å². The lowest BCUT2D eigenvalue weighted by molar-refractivity contribution is -0.131. The van der Waals surface area contributed by atoms with Gasteiger partial charge in [-0.2, -0.15) is 0 Å². The molecule has 0 saturated heterocycles. The summed E-state index contributed by atoms with van der Waals surface area (Å²) in [5, 5.41) is 8.87. The summed E-state index contributed by atoms with van der Waals surface area (Å²) in [6.45, 7) is 3.04. The molecule has 0 aliphatic carbocycles. The smallest absolute Gasteiger partial charge is 0.362 e. The molecule has 0 fully saturated rings. The van der Waals surface area contributed by atoms with Gasteiger partial charge in [-0.1, -0.05) is 5.21 Å². The van der Waals surface area contributed by atoms with Gasteiger partial charge in [0.05, 0.1) is 13.3 Å². The minimum absolute atomic E-state index is 0.226. The summed E-state index contributed by atoms with van der Waals surface area (Å²) in [6.07, 6.45) is 1.65. The second-order valence-electron chi connectivity index (χ2n) is 6.40. The lowest BCUT2D eigenvalue weighted by Gasteiger charge is -2.08. The first-order valence-electron chi connectivity index (χ1n) is 8.79. The lowest BCUT2D eigenvalue weighted by Crippen LogP contribution is -2.11. The Hall–Kier alpha value is -3.94. The summed E-state index contributed by atoms with van der Waals surface area (Å²) in [7, 11) is 1.60. The van der Waals surface area contributed by atoms with E-state index in [9.17, 15) is 9.59 Å². The monoisotopic (exact) mass is 391 g/mol. The van der Waals surface area contributed by atoms with Crippen molar-refractivity contribution in [1.82, 2.24) is 15.0 Å². The van der Waals surface area contributed by atoms with Crippen molar-refractivity contribution in [3.63, 3.8) is 0 Å². The zero-order valence-electron chi connectivity index (χ0n) is 16.0. The molecule has 0 radical (unpaired) electrons. The van der Waals surface area contributed by atoms with Crippen molar-refractivity contribution >= 4 is 16.9 Å². The van der Waals surface area contributed by atoms with Gasteiger partial charge >= 0.3 is 11.6 Å². The van der Waals surface area contributed by atoms with Crippen LogP contribution in [-0.2, 0) is 4.79 Å². The van der Waals surface area contributed by atoms with Gasteiger partial charge in [0.1, 0.15) is 22.8 Å². The largest absolute Gasteiger partial charge is 0.497 e. The molecule has 0 atom stereocenters. The molecular weight excluding hydrogens is 374 g/mol. The van der Waals surface area contributed by atoms with Crippen LogP contribution in [0.2, 0.25) is 0 Å².